The summed E-state index contributed by atoms with van der Waals surface area (Å²) < 4.78 is 0. The maximum Gasteiger partial charge on any atom is 0.162 e. The summed E-state index contributed by atoms with van der Waals surface area (Å²) in [7, 11) is 0. The molecule has 0 atom stereocenters. The van der Waals surface area contributed by atoms with Crippen molar-refractivity contribution in [1.82, 2.24) is 15.0 Å². The van der Waals surface area contributed by atoms with Crippen LogP contribution in [-0.4, -0.2) is 21.5 Å². The lowest BCUT2D eigenvalue weighted by molar-refractivity contribution is 0.947. The Balaban J connectivity index is 2.00. The van der Waals surface area contributed by atoms with Gasteiger partial charge in [-0.05, 0) is 37.8 Å². The molecule has 0 amide bonds. The highest BCUT2D eigenvalue weighted by atomic mass is 15.0. The van der Waals surface area contributed by atoms with Gasteiger partial charge in [-0.2, -0.15) is 0 Å². The van der Waals surface area contributed by atoms with E-state index in [1.807, 2.05) is 12.3 Å². The maximum absolute atomic E-state index is 4.76. The van der Waals surface area contributed by atoms with Crippen molar-refractivity contribution in [3.05, 3.63) is 35.8 Å². The Labute approximate surface area is 119 Å². The normalized spacial score (nSPS) is 14.3. The van der Waals surface area contributed by atoms with Crippen LogP contribution < -0.4 is 5.32 Å². The minimum atomic E-state index is 0.626. The van der Waals surface area contributed by atoms with E-state index >= 15 is 0 Å². The molecule has 0 spiro atoms. The molecule has 2 aromatic heterocycles. The van der Waals surface area contributed by atoms with Gasteiger partial charge in [0.25, 0.3) is 0 Å². The number of rotatable bonds is 5. The first-order valence-electron chi connectivity index (χ1n) is 7.31. The third-order valence-electron chi connectivity index (χ3n) is 3.56. The van der Waals surface area contributed by atoms with Gasteiger partial charge < -0.3 is 5.32 Å². The van der Waals surface area contributed by atoms with Crippen molar-refractivity contribution < 1.29 is 0 Å². The van der Waals surface area contributed by atoms with E-state index in [1.54, 1.807) is 6.20 Å². The first-order chi connectivity index (χ1) is 9.78. The minimum Gasteiger partial charge on any atom is -0.370 e. The standard InChI is InChI=1S/C16H20N4/c1-3-7-18-15-9-14(12-4-5-12)19-16(20-15)13-6-8-17-10-11(13)2/h6,8-10,12H,3-5,7H2,1-2H3,(H,18,19,20). The molecular weight excluding hydrogens is 248 g/mol. The lowest BCUT2D eigenvalue weighted by Gasteiger charge is -2.10. The molecular formula is C16H20N4. The lowest BCUT2D eigenvalue weighted by atomic mass is 10.1. The molecule has 20 heavy (non-hydrogen) atoms. The Morgan fingerprint density at radius 3 is 2.85 bits per heavy atom. The van der Waals surface area contributed by atoms with Gasteiger partial charge in [0.15, 0.2) is 5.82 Å². The van der Waals surface area contributed by atoms with E-state index in [1.165, 1.54) is 18.5 Å². The minimum absolute atomic E-state index is 0.626. The zero-order valence-electron chi connectivity index (χ0n) is 12.1. The quantitative estimate of drug-likeness (QED) is 0.901. The second-order valence-electron chi connectivity index (χ2n) is 5.39. The Hall–Kier alpha value is -1.97. The second kappa shape index (κ2) is 5.57. The predicted molar refractivity (Wildman–Crippen MR) is 80.8 cm³/mol. The number of pyridine rings is 1. The summed E-state index contributed by atoms with van der Waals surface area (Å²) in [4.78, 5) is 13.6. The SMILES string of the molecule is CCCNc1cc(C2CC2)nc(-c2ccncc2C)n1. The van der Waals surface area contributed by atoms with E-state index < -0.39 is 0 Å². The highest BCUT2D eigenvalue weighted by Gasteiger charge is 2.26. The van der Waals surface area contributed by atoms with Gasteiger partial charge >= 0.3 is 0 Å². The number of nitrogens with zero attached hydrogens (tertiary/aromatic N) is 3. The molecule has 4 nitrogen and oxygen atoms in total. The molecule has 0 aromatic carbocycles. The second-order valence-corrected chi connectivity index (χ2v) is 5.39. The van der Waals surface area contributed by atoms with Crippen molar-refractivity contribution in [1.29, 1.82) is 0 Å². The van der Waals surface area contributed by atoms with Crippen molar-refractivity contribution in [2.24, 2.45) is 0 Å². The van der Waals surface area contributed by atoms with Crippen molar-refractivity contribution in [2.75, 3.05) is 11.9 Å². The molecule has 3 rings (SSSR count). The zero-order chi connectivity index (χ0) is 13.9. The summed E-state index contributed by atoms with van der Waals surface area (Å²) in [6, 6.07) is 4.10. The number of hydrogen-bond donors (Lipinski definition) is 1. The lowest BCUT2D eigenvalue weighted by Crippen LogP contribution is -2.05. The molecule has 1 fully saturated rings. The number of nitrogens with one attached hydrogen (secondary N) is 1. The molecule has 0 radical (unpaired) electrons. The van der Waals surface area contributed by atoms with Crippen molar-refractivity contribution >= 4 is 5.82 Å². The number of aryl methyl sites for hydroxylation is 1. The van der Waals surface area contributed by atoms with Crippen LogP contribution in [0.2, 0.25) is 0 Å². The number of anilines is 1. The molecule has 1 N–H and O–H groups in total. The molecule has 104 valence electrons. The van der Waals surface area contributed by atoms with Crippen LogP contribution in [0.5, 0.6) is 0 Å². The fourth-order valence-electron chi connectivity index (χ4n) is 2.24. The van der Waals surface area contributed by atoms with Gasteiger partial charge in [0.1, 0.15) is 5.82 Å². The molecule has 0 aliphatic heterocycles. The zero-order valence-corrected chi connectivity index (χ0v) is 12.1. The van der Waals surface area contributed by atoms with Crippen LogP contribution in [0.3, 0.4) is 0 Å². The molecule has 1 aliphatic rings. The van der Waals surface area contributed by atoms with E-state index in [-0.39, 0.29) is 0 Å². The van der Waals surface area contributed by atoms with Gasteiger partial charge in [-0.3, -0.25) is 4.98 Å². The van der Waals surface area contributed by atoms with E-state index in [0.717, 1.165) is 35.7 Å². The van der Waals surface area contributed by atoms with Crippen LogP contribution in [-0.2, 0) is 0 Å². The average molecular weight is 268 g/mol. The van der Waals surface area contributed by atoms with Gasteiger partial charge in [-0.15, -0.1) is 0 Å². The summed E-state index contributed by atoms with van der Waals surface area (Å²) in [5.74, 6) is 2.38. The molecule has 2 heterocycles. The van der Waals surface area contributed by atoms with Gasteiger partial charge in [0.05, 0.1) is 0 Å². The van der Waals surface area contributed by atoms with Gasteiger partial charge in [-0.1, -0.05) is 6.92 Å². The number of hydrogen-bond acceptors (Lipinski definition) is 4. The van der Waals surface area contributed by atoms with Gasteiger partial charge in [0, 0.05) is 42.2 Å². The van der Waals surface area contributed by atoms with Gasteiger partial charge in [0.2, 0.25) is 0 Å². The van der Waals surface area contributed by atoms with E-state index in [4.69, 9.17) is 4.98 Å². The van der Waals surface area contributed by atoms with E-state index in [0.29, 0.717) is 5.92 Å². The van der Waals surface area contributed by atoms with Gasteiger partial charge in [-0.25, -0.2) is 9.97 Å². The third-order valence-corrected chi connectivity index (χ3v) is 3.56. The first kappa shape index (κ1) is 13.0. The van der Waals surface area contributed by atoms with Crippen LogP contribution in [0.25, 0.3) is 11.4 Å². The fourth-order valence-corrected chi connectivity index (χ4v) is 2.24. The molecule has 0 saturated heterocycles. The summed E-state index contributed by atoms with van der Waals surface area (Å²) in [5, 5.41) is 3.38. The largest absolute Gasteiger partial charge is 0.370 e. The Morgan fingerprint density at radius 1 is 1.30 bits per heavy atom. The smallest absolute Gasteiger partial charge is 0.162 e. The molecule has 1 aliphatic carbocycles. The highest BCUT2D eigenvalue weighted by Crippen LogP contribution is 2.40. The van der Waals surface area contributed by atoms with Crippen molar-refractivity contribution in [3.63, 3.8) is 0 Å². The van der Waals surface area contributed by atoms with Crippen LogP contribution in [0.15, 0.2) is 24.5 Å². The van der Waals surface area contributed by atoms with Crippen LogP contribution in [0.1, 0.15) is 43.4 Å². The average Bonchev–Trinajstić information content (AvgIpc) is 3.30. The summed E-state index contributed by atoms with van der Waals surface area (Å²) in [6.45, 7) is 5.15. The van der Waals surface area contributed by atoms with Crippen molar-refractivity contribution in [2.45, 2.75) is 39.0 Å². The Kier molecular flexibility index (Phi) is 3.63. The topological polar surface area (TPSA) is 50.7 Å². The fraction of sp³-hybridized carbons (Fsp3) is 0.438. The monoisotopic (exact) mass is 268 g/mol. The molecule has 0 bridgehead atoms. The predicted octanol–water partition coefficient (Wildman–Crippen LogP) is 3.55. The third kappa shape index (κ3) is 2.79. The summed E-state index contributed by atoms with van der Waals surface area (Å²) >= 11 is 0. The van der Waals surface area contributed by atoms with E-state index in [9.17, 15) is 0 Å². The number of aromatic nitrogens is 3. The Morgan fingerprint density at radius 2 is 2.15 bits per heavy atom. The van der Waals surface area contributed by atoms with Crippen LogP contribution >= 0.6 is 0 Å². The molecule has 0 unspecified atom stereocenters. The summed E-state index contributed by atoms with van der Waals surface area (Å²) in [6.07, 6.45) is 7.25. The first-order valence-corrected chi connectivity index (χ1v) is 7.31. The molecule has 2 aromatic rings. The van der Waals surface area contributed by atoms with Crippen molar-refractivity contribution in [3.8, 4) is 11.4 Å². The van der Waals surface area contributed by atoms with Crippen LogP contribution in [0, 0.1) is 6.92 Å². The van der Waals surface area contributed by atoms with E-state index in [2.05, 4.69) is 35.2 Å². The molecule has 4 heteroatoms. The molecule has 1 saturated carbocycles. The highest BCUT2D eigenvalue weighted by molar-refractivity contribution is 5.61. The van der Waals surface area contributed by atoms with Crippen LogP contribution in [0.4, 0.5) is 5.82 Å². The Bertz CT molecular complexity index is 605. The summed E-state index contributed by atoms with van der Waals surface area (Å²) in [5.41, 5.74) is 3.36. The maximum atomic E-state index is 4.76.